The van der Waals surface area contributed by atoms with E-state index in [0.717, 1.165) is 24.8 Å². The maximum atomic E-state index is 11.0. The Balaban J connectivity index is 2.73. The molecule has 1 rings (SSSR count). The van der Waals surface area contributed by atoms with Gasteiger partial charge in [-0.3, -0.25) is 4.79 Å². The van der Waals surface area contributed by atoms with Gasteiger partial charge in [-0.05, 0) is 30.9 Å². The average Bonchev–Trinajstić information content (AvgIpc) is 2.21. The number of carbonyl (C=O) groups is 1. The highest BCUT2D eigenvalue weighted by Gasteiger charge is 2.11. The number of esters is 1. The first kappa shape index (κ1) is 11.1. The van der Waals surface area contributed by atoms with Crippen molar-refractivity contribution in [1.82, 2.24) is 0 Å². The predicted octanol–water partition coefficient (Wildman–Crippen LogP) is 2.95. The van der Waals surface area contributed by atoms with Gasteiger partial charge in [0.1, 0.15) is 11.6 Å². The van der Waals surface area contributed by atoms with Crippen molar-refractivity contribution in [3.8, 4) is 0 Å². The Hall–Kier alpha value is -1.02. The third-order valence-corrected chi connectivity index (χ3v) is 2.17. The summed E-state index contributed by atoms with van der Waals surface area (Å²) in [5, 5.41) is 0. The third kappa shape index (κ3) is 3.04. The molecule has 0 aromatic carbocycles. The summed E-state index contributed by atoms with van der Waals surface area (Å²) in [4.78, 5) is 11.0. The summed E-state index contributed by atoms with van der Waals surface area (Å²) in [6, 6.07) is 0. The Morgan fingerprint density at radius 1 is 1.71 bits per heavy atom. The van der Waals surface area contributed by atoms with Crippen LogP contribution in [-0.4, -0.2) is 11.8 Å². The number of carbonyl (C=O) groups excluding carboxylic acids is 1. The van der Waals surface area contributed by atoms with Gasteiger partial charge in [-0.2, -0.15) is 0 Å². The van der Waals surface area contributed by atoms with Crippen molar-refractivity contribution in [2.75, 3.05) is 5.88 Å². The fourth-order valence-electron chi connectivity index (χ4n) is 1.32. The standard InChI is InChI=1S/C11H13ClO2/c1-2-5-9-6-3-4-7-10(9)14-11(13)8-12/h2,4,7H,1,3,5-6,8H2. The molecule has 0 saturated heterocycles. The molecule has 0 spiro atoms. The molecular formula is C11H13ClO2. The molecule has 76 valence electrons. The van der Waals surface area contributed by atoms with E-state index in [1.54, 1.807) is 0 Å². The zero-order chi connectivity index (χ0) is 10.4. The fraction of sp³-hybridized carbons (Fsp3) is 0.364. The lowest BCUT2D eigenvalue weighted by atomic mass is 10.0. The molecule has 0 bridgehead atoms. The van der Waals surface area contributed by atoms with Crippen LogP contribution >= 0.6 is 11.6 Å². The maximum Gasteiger partial charge on any atom is 0.326 e. The Labute approximate surface area is 88.9 Å². The van der Waals surface area contributed by atoms with Gasteiger partial charge in [0.05, 0.1) is 0 Å². The topological polar surface area (TPSA) is 26.3 Å². The van der Waals surface area contributed by atoms with Gasteiger partial charge in [0.25, 0.3) is 0 Å². The number of rotatable bonds is 4. The minimum atomic E-state index is -0.408. The molecule has 0 N–H and O–H groups in total. The van der Waals surface area contributed by atoms with Crippen LogP contribution in [0.3, 0.4) is 0 Å². The largest absolute Gasteiger partial charge is 0.426 e. The molecule has 0 fully saturated rings. The Morgan fingerprint density at radius 3 is 3.14 bits per heavy atom. The molecule has 2 nitrogen and oxygen atoms in total. The molecule has 1 aliphatic rings. The van der Waals surface area contributed by atoms with Crippen molar-refractivity contribution in [2.24, 2.45) is 0 Å². The molecule has 0 amide bonds. The van der Waals surface area contributed by atoms with E-state index in [0.29, 0.717) is 5.76 Å². The Kier molecular flexibility index (Phi) is 4.47. The summed E-state index contributed by atoms with van der Waals surface area (Å²) in [5.74, 6) is 0.121. The second-order valence-corrected chi connectivity index (χ2v) is 3.28. The van der Waals surface area contributed by atoms with Gasteiger partial charge in [0, 0.05) is 0 Å². The zero-order valence-corrected chi connectivity index (χ0v) is 8.72. The van der Waals surface area contributed by atoms with Crippen LogP contribution in [-0.2, 0) is 9.53 Å². The van der Waals surface area contributed by atoms with Crippen molar-refractivity contribution < 1.29 is 9.53 Å². The zero-order valence-electron chi connectivity index (χ0n) is 7.96. The predicted molar refractivity (Wildman–Crippen MR) is 57.0 cm³/mol. The summed E-state index contributed by atoms with van der Waals surface area (Å²) in [7, 11) is 0. The van der Waals surface area contributed by atoms with E-state index in [1.807, 2.05) is 18.2 Å². The van der Waals surface area contributed by atoms with Crippen LogP contribution in [0.4, 0.5) is 0 Å². The Bertz CT molecular complexity index is 290. The fourth-order valence-corrected chi connectivity index (χ4v) is 1.38. The monoisotopic (exact) mass is 212 g/mol. The molecule has 0 unspecified atom stereocenters. The number of alkyl halides is 1. The van der Waals surface area contributed by atoms with Crippen LogP contribution < -0.4 is 0 Å². The normalized spacial score (nSPS) is 15.5. The average molecular weight is 213 g/mol. The van der Waals surface area contributed by atoms with Crippen LogP contribution in [0.5, 0.6) is 0 Å². The van der Waals surface area contributed by atoms with Gasteiger partial charge < -0.3 is 4.74 Å². The lowest BCUT2D eigenvalue weighted by Gasteiger charge is -2.13. The number of hydrogen-bond donors (Lipinski definition) is 0. The summed E-state index contributed by atoms with van der Waals surface area (Å²) in [6.45, 7) is 3.66. The van der Waals surface area contributed by atoms with Gasteiger partial charge in [-0.25, -0.2) is 0 Å². The van der Waals surface area contributed by atoms with Gasteiger partial charge in [0.15, 0.2) is 0 Å². The molecule has 0 heterocycles. The highest BCUT2D eigenvalue weighted by atomic mass is 35.5. The molecule has 0 aromatic heterocycles. The molecule has 0 aromatic rings. The number of halogens is 1. The van der Waals surface area contributed by atoms with E-state index in [1.165, 1.54) is 0 Å². The number of ether oxygens (including phenoxy) is 1. The molecule has 0 atom stereocenters. The highest BCUT2D eigenvalue weighted by Crippen LogP contribution is 2.23. The van der Waals surface area contributed by atoms with Crippen molar-refractivity contribution in [3.05, 3.63) is 36.1 Å². The van der Waals surface area contributed by atoms with E-state index in [-0.39, 0.29) is 5.88 Å². The molecule has 14 heavy (non-hydrogen) atoms. The minimum absolute atomic E-state index is 0.112. The van der Waals surface area contributed by atoms with E-state index < -0.39 is 5.97 Å². The molecule has 1 aliphatic carbocycles. The van der Waals surface area contributed by atoms with Crippen LogP contribution in [0.25, 0.3) is 0 Å². The first-order valence-corrected chi connectivity index (χ1v) is 5.07. The second kappa shape index (κ2) is 5.66. The summed E-state index contributed by atoms with van der Waals surface area (Å²) in [5.41, 5.74) is 1.11. The van der Waals surface area contributed by atoms with E-state index in [2.05, 4.69) is 6.58 Å². The van der Waals surface area contributed by atoms with Crippen LogP contribution in [0, 0.1) is 0 Å². The number of allylic oxidation sites excluding steroid dienone is 4. The summed E-state index contributed by atoms with van der Waals surface area (Å²) >= 11 is 5.35. The smallest absolute Gasteiger partial charge is 0.326 e. The highest BCUT2D eigenvalue weighted by molar-refractivity contribution is 6.26. The van der Waals surface area contributed by atoms with Gasteiger partial charge >= 0.3 is 5.97 Å². The maximum absolute atomic E-state index is 11.0. The molecular weight excluding hydrogens is 200 g/mol. The first-order valence-electron chi connectivity index (χ1n) is 4.54. The SMILES string of the molecule is C=CCC1=C(OC(=O)CCl)C=CCC1. The van der Waals surface area contributed by atoms with E-state index >= 15 is 0 Å². The molecule has 0 saturated carbocycles. The first-order chi connectivity index (χ1) is 6.77. The van der Waals surface area contributed by atoms with Crippen molar-refractivity contribution in [1.29, 1.82) is 0 Å². The molecule has 0 radical (unpaired) electrons. The quantitative estimate of drug-likeness (QED) is 0.407. The molecule has 3 heteroatoms. The van der Waals surface area contributed by atoms with E-state index in [9.17, 15) is 4.79 Å². The molecule has 0 aliphatic heterocycles. The van der Waals surface area contributed by atoms with Gasteiger partial charge in [-0.1, -0.05) is 12.2 Å². The van der Waals surface area contributed by atoms with Crippen molar-refractivity contribution in [2.45, 2.75) is 19.3 Å². The lowest BCUT2D eigenvalue weighted by molar-refractivity contribution is -0.136. The van der Waals surface area contributed by atoms with Gasteiger partial charge in [0.2, 0.25) is 0 Å². The van der Waals surface area contributed by atoms with E-state index in [4.69, 9.17) is 16.3 Å². The Morgan fingerprint density at radius 2 is 2.50 bits per heavy atom. The lowest BCUT2D eigenvalue weighted by Crippen LogP contribution is -2.08. The second-order valence-electron chi connectivity index (χ2n) is 3.01. The van der Waals surface area contributed by atoms with Crippen LogP contribution in [0.1, 0.15) is 19.3 Å². The minimum Gasteiger partial charge on any atom is -0.426 e. The summed E-state index contributed by atoms with van der Waals surface area (Å²) in [6.07, 6.45) is 8.30. The van der Waals surface area contributed by atoms with Crippen LogP contribution in [0.15, 0.2) is 36.1 Å². The summed E-state index contributed by atoms with van der Waals surface area (Å²) < 4.78 is 5.08. The van der Waals surface area contributed by atoms with Crippen molar-refractivity contribution in [3.63, 3.8) is 0 Å². The number of hydrogen-bond acceptors (Lipinski definition) is 2. The van der Waals surface area contributed by atoms with Crippen LogP contribution in [0.2, 0.25) is 0 Å². The third-order valence-electron chi connectivity index (χ3n) is 1.95. The van der Waals surface area contributed by atoms with Gasteiger partial charge in [-0.15, -0.1) is 18.2 Å². The van der Waals surface area contributed by atoms with Crippen molar-refractivity contribution >= 4 is 17.6 Å².